The third-order valence-corrected chi connectivity index (χ3v) is 3.62. The van der Waals surface area contributed by atoms with E-state index in [-0.39, 0.29) is 17.4 Å². The number of hydrogen-bond donors (Lipinski definition) is 2. The molecule has 1 fully saturated rings. The standard InChI is InChI=1S/C13H14N2O3/c16-12(10-6-14-7-10)15-4-3-8-5-9(13(17)18)1-2-11(8)15/h1-2,5,10,14H,3-4,6-7H2,(H,17,18). The molecule has 1 amide bonds. The van der Waals surface area contributed by atoms with Crippen molar-refractivity contribution in [1.82, 2.24) is 5.32 Å². The third kappa shape index (κ3) is 1.67. The van der Waals surface area contributed by atoms with Gasteiger partial charge in [0, 0.05) is 25.3 Å². The number of carbonyl (C=O) groups excluding carboxylic acids is 1. The van der Waals surface area contributed by atoms with Gasteiger partial charge in [-0.25, -0.2) is 4.79 Å². The van der Waals surface area contributed by atoms with E-state index >= 15 is 0 Å². The van der Waals surface area contributed by atoms with Gasteiger partial charge in [-0.3, -0.25) is 4.79 Å². The SMILES string of the molecule is O=C(O)c1ccc2c(c1)CCN2C(=O)C1CNC1. The molecule has 1 saturated heterocycles. The lowest BCUT2D eigenvalue weighted by Crippen LogP contribution is -2.51. The van der Waals surface area contributed by atoms with E-state index in [9.17, 15) is 9.59 Å². The first-order valence-corrected chi connectivity index (χ1v) is 6.05. The van der Waals surface area contributed by atoms with Crippen LogP contribution in [0.2, 0.25) is 0 Å². The zero-order chi connectivity index (χ0) is 12.7. The van der Waals surface area contributed by atoms with Crippen LogP contribution in [-0.4, -0.2) is 36.6 Å². The van der Waals surface area contributed by atoms with E-state index in [2.05, 4.69) is 5.32 Å². The fourth-order valence-electron chi connectivity index (χ4n) is 2.45. The summed E-state index contributed by atoms with van der Waals surface area (Å²) in [5.41, 5.74) is 2.11. The second-order valence-electron chi connectivity index (χ2n) is 4.74. The number of nitrogens with zero attached hydrogens (tertiary/aromatic N) is 1. The second kappa shape index (κ2) is 4.10. The summed E-state index contributed by atoms with van der Waals surface area (Å²) in [7, 11) is 0. The molecule has 2 aliphatic rings. The van der Waals surface area contributed by atoms with Crippen molar-refractivity contribution >= 4 is 17.6 Å². The molecule has 0 bridgehead atoms. The maximum absolute atomic E-state index is 12.2. The van der Waals surface area contributed by atoms with Crippen molar-refractivity contribution in [3.63, 3.8) is 0 Å². The highest BCUT2D eigenvalue weighted by molar-refractivity contribution is 5.98. The van der Waals surface area contributed by atoms with Crippen molar-refractivity contribution in [3.05, 3.63) is 29.3 Å². The molecule has 0 radical (unpaired) electrons. The third-order valence-electron chi connectivity index (χ3n) is 3.62. The Hall–Kier alpha value is -1.88. The molecule has 0 saturated carbocycles. The quantitative estimate of drug-likeness (QED) is 0.797. The number of carboxylic acid groups (broad SMARTS) is 1. The number of rotatable bonds is 2. The smallest absolute Gasteiger partial charge is 0.335 e. The summed E-state index contributed by atoms with van der Waals surface area (Å²) in [5, 5.41) is 12.0. The lowest BCUT2D eigenvalue weighted by atomic mass is 10.0. The number of aromatic carboxylic acids is 1. The molecule has 94 valence electrons. The molecule has 2 N–H and O–H groups in total. The maximum Gasteiger partial charge on any atom is 0.335 e. The molecule has 1 aromatic rings. The Balaban J connectivity index is 1.87. The Morgan fingerprint density at radius 2 is 2.11 bits per heavy atom. The van der Waals surface area contributed by atoms with E-state index in [0.717, 1.165) is 30.8 Å². The summed E-state index contributed by atoms with van der Waals surface area (Å²) < 4.78 is 0. The van der Waals surface area contributed by atoms with Gasteiger partial charge in [0.1, 0.15) is 0 Å². The summed E-state index contributed by atoms with van der Waals surface area (Å²) in [6, 6.07) is 4.98. The second-order valence-corrected chi connectivity index (χ2v) is 4.74. The van der Waals surface area contributed by atoms with Crippen LogP contribution in [0.4, 0.5) is 5.69 Å². The zero-order valence-electron chi connectivity index (χ0n) is 9.85. The van der Waals surface area contributed by atoms with E-state index < -0.39 is 5.97 Å². The van der Waals surface area contributed by atoms with Crippen molar-refractivity contribution < 1.29 is 14.7 Å². The van der Waals surface area contributed by atoms with Gasteiger partial charge < -0.3 is 15.3 Å². The monoisotopic (exact) mass is 246 g/mol. The number of hydrogen-bond acceptors (Lipinski definition) is 3. The Morgan fingerprint density at radius 3 is 2.72 bits per heavy atom. The van der Waals surface area contributed by atoms with Gasteiger partial charge in [-0.15, -0.1) is 0 Å². The van der Waals surface area contributed by atoms with E-state index in [1.165, 1.54) is 0 Å². The van der Waals surface area contributed by atoms with Crippen LogP contribution in [0.5, 0.6) is 0 Å². The summed E-state index contributed by atoms with van der Waals surface area (Å²) in [6.45, 7) is 2.16. The molecular formula is C13H14N2O3. The Labute approximate surface area is 104 Å². The molecule has 0 aliphatic carbocycles. The minimum Gasteiger partial charge on any atom is -0.478 e. The number of carboxylic acids is 1. The van der Waals surface area contributed by atoms with Crippen LogP contribution in [0, 0.1) is 5.92 Å². The number of carbonyl (C=O) groups is 2. The van der Waals surface area contributed by atoms with Gasteiger partial charge in [-0.1, -0.05) is 0 Å². The molecule has 5 nitrogen and oxygen atoms in total. The molecule has 0 spiro atoms. The number of amides is 1. The van der Waals surface area contributed by atoms with E-state index in [4.69, 9.17) is 5.11 Å². The molecule has 2 aliphatic heterocycles. The van der Waals surface area contributed by atoms with Gasteiger partial charge >= 0.3 is 5.97 Å². The molecule has 0 atom stereocenters. The van der Waals surface area contributed by atoms with Gasteiger partial charge in [0.05, 0.1) is 11.5 Å². The first-order valence-electron chi connectivity index (χ1n) is 6.05. The van der Waals surface area contributed by atoms with Crippen molar-refractivity contribution in [1.29, 1.82) is 0 Å². The highest BCUT2D eigenvalue weighted by Crippen LogP contribution is 2.30. The highest BCUT2D eigenvalue weighted by atomic mass is 16.4. The Kier molecular flexibility index (Phi) is 2.56. The van der Waals surface area contributed by atoms with E-state index in [0.29, 0.717) is 6.54 Å². The molecule has 1 aromatic carbocycles. The predicted octanol–water partition coefficient (Wildman–Crippen LogP) is 0.493. The summed E-state index contributed by atoms with van der Waals surface area (Å²) >= 11 is 0. The average molecular weight is 246 g/mol. The van der Waals surface area contributed by atoms with Gasteiger partial charge in [-0.2, -0.15) is 0 Å². The highest BCUT2D eigenvalue weighted by Gasteiger charge is 2.33. The largest absolute Gasteiger partial charge is 0.478 e. The summed E-state index contributed by atoms with van der Waals surface area (Å²) in [5.74, 6) is -0.698. The Morgan fingerprint density at radius 1 is 1.33 bits per heavy atom. The topological polar surface area (TPSA) is 69.6 Å². The van der Waals surface area contributed by atoms with Gasteiger partial charge in [-0.05, 0) is 30.2 Å². The van der Waals surface area contributed by atoms with Crippen LogP contribution in [0.25, 0.3) is 0 Å². The van der Waals surface area contributed by atoms with Crippen LogP contribution >= 0.6 is 0 Å². The van der Waals surface area contributed by atoms with E-state index in [1.807, 2.05) is 0 Å². The predicted molar refractivity (Wildman–Crippen MR) is 65.8 cm³/mol. The molecule has 0 unspecified atom stereocenters. The maximum atomic E-state index is 12.2. The van der Waals surface area contributed by atoms with Gasteiger partial charge in [0.25, 0.3) is 0 Å². The van der Waals surface area contributed by atoms with Crippen LogP contribution < -0.4 is 10.2 Å². The molecule has 18 heavy (non-hydrogen) atoms. The van der Waals surface area contributed by atoms with Crippen molar-refractivity contribution in [2.24, 2.45) is 5.92 Å². The lowest BCUT2D eigenvalue weighted by molar-refractivity contribution is -0.123. The number of fused-ring (bicyclic) bond motifs is 1. The van der Waals surface area contributed by atoms with Gasteiger partial charge in [0.2, 0.25) is 5.91 Å². The first-order chi connectivity index (χ1) is 8.66. The zero-order valence-corrected chi connectivity index (χ0v) is 9.85. The minimum atomic E-state index is -0.925. The average Bonchev–Trinajstić information content (AvgIpc) is 2.68. The van der Waals surface area contributed by atoms with Crippen LogP contribution in [0.15, 0.2) is 18.2 Å². The van der Waals surface area contributed by atoms with Crippen LogP contribution in [-0.2, 0) is 11.2 Å². The van der Waals surface area contributed by atoms with Crippen molar-refractivity contribution in [2.75, 3.05) is 24.5 Å². The normalized spacial score (nSPS) is 18.3. The first kappa shape index (κ1) is 11.2. The molecule has 2 heterocycles. The minimum absolute atomic E-state index is 0.0788. The fraction of sp³-hybridized carbons (Fsp3) is 0.385. The number of nitrogens with one attached hydrogen (secondary N) is 1. The van der Waals surface area contributed by atoms with Crippen LogP contribution in [0.1, 0.15) is 15.9 Å². The van der Waals surface area contributed by atoms with Crippen molar-refractivity contribution in [2.45, 2.75) is 6.42 Å². The molecule has 5 heteroatoms. The number of anilines is 1. The van der Waals surface area contributed by atoms with Crippen LogP contribution in [0.3, 0.4) is 0 Å². The summed E-state index contributed by atoms with van der Waals surface area (Å²) in [4.78, 5) is 24.9. The number of benzene rings is 1. The lowest BCUT2D eigenvalue weighted by Gasteiger charge is -2.30. The van der Waals surface area contributed by atoms with Gasteiger partial charge in [0.15, 0.2) is 0 Å². The summed E-state index contributed by atoms with van der Waals surface area (Å²) in [6.07, 6.45) is 0.738. The molecule has 0 aromatic heterocycles. The van der Waals surface area contributed by atoms with Crippen molar-refractivity contribution in [3.8, 4) is 0 Å². The van der Waals surface area contributed by atoms with E-state index in [1.54, 1.807) is 23.1 Å². The Bertz CT molecular complexity index is 523. The molecule has 3 rings (SSSR count). The fourth-order valence-corrected chi connectivity index (χ4v) is 2.45. The molecular weight excluding hydrogens is 232 g/mol.